The fourth-order valence-corrected chi connectivity index (χ4v) is 3.66. The molecule has 1 saturated carbocycles. The number of ether oxygens (including phenoxy) is 1. The van der Waals surface area contributed by atoms with Gasteiger partial charge in [-0.15, -0.1) is 0 Å². The third-order valence-electron chi connectivity index (χ3n) is 4.90. The Morgan fingerprint density at radius 1 is 1.35 bits per heavy atom. The van der Waals surface area contributed by atoms with Crippen LogP contribution in [0.2, 0.25) is 0 Å². The summed E-state index contributed by atoms with van der Waals surface area (Å²) in [6, 6.07) is 8.38. The van der Waals surface area contributed by atoms with E-state index in [0.29, 0.717) is 19.1 Å². The van der Waals surface area contributed by atoms with Crippen LogP contribution in [0, 0.1) is 6.92 Å². The number of anilines is 1. The molecule has 26 heavy (non-hydrogen) atoms. The van der Waals surface area contributed by atoms with Gasteiger partial charge in [-0.2, -0.15) is 5.10 Å². The van der Waals surface area contributed by atoms with E-state index in [1.165, 1.54) is 18.4 Å². The molecular weight excluding hydrogens is 328 g/mol. The number of hydrogen-bond donors (Lipinski definition) is 1. The number of hydrogen-bond acceptors (Lipinski definition) is 4. The number of benzene rings is 1. The Balaban J connectivity index is 1.58. The number of carbonyl (C=O) groups excluding carboxylic acids is 1. The fraction of sp³-hybridized carbons (Fsp3) is 0.500. The van der Waals surface area contributed by atoms with Gasteiger partial charge >= 0.3 is 0 Å². The molecule has 0 spiro atoms. The van der Waals surface area contributed by atoms with E-state index in [2.05, 4.69) is 23.4 Å². The minimum atomic E-state index is -0.0288. The van der Waals surface area contributed by atoms with Gasteiger partial charge in [0, 0.05) is 18.2 Å². The molecule has 1 amide bonds. The van der Waals surface area contributed by atoms with Crippen molar-refractivity contribution in [1.29, 1.82) is 0 Å². The number of aromatic nitrogens is 2. The quantitative estimate of drug-likeness (QED) is 0.826. The highest BCUT2D eigenvalue weighted by molar-refractivity contribution is 5.91. The van der Waals surface area contributed by atoms with Gasteiger partial charge in [-0.05, 0) is 32.9 Å². The van der Waals surface area contributed by atoms with Crippen LogP contribution in [0.25, 0.3) is 0 Å². The van der Waals surface area contributed by atoms with E-state index in [4.69, 9.17) is 4.74 Å². The zero-order valence-electron chi connectivity index (χ0n) is 15.9. The van der Waals surface area contributed by atoms with Crippen LogP contribution < -0.4 is 10.1 Å². The summed E-state index contributed by atoms with van der Waals surface area (Å²) < 4.78 is 7.39. The van der Waals surface area contributed by atoms with Crippen LogP contribution in [0.1, 0.15) is 42.9 Å². The lowest BCUT2D eigenvalue weighted by atomic mass is 10.1. The van der Waals surface area contributed by atoms with Gasteiger partial charge in [-0.25, -0.2) is 4.68 Å². The fourth-order valence-electron chi connectivity index (χ4n) is 3.66. The Labute approximate surface area is 155 Å². The number of nitrogens with one attached hydrogen (secondary N) is 1. The predicted molar refractivity (Wildman–Crippen MR) is 102 cm³/mol. The number of methoxy groups -OCH3 is 1. The Morgan fingerprint density at radius 2 is 2.12 bits per heavy atom. The van der Waals surface area contributed by atoms with E-state index in [-0.39, 0.29) is 5.91 Å². The first kappa shape index (κ1) is 18.5. The Kier molecular flexibility index (Phi) is 5.93. The van der Waals surface area contributed by atoms with Crippen molar-refractivity contribution in [2.24, 2.45) is 0 Å². The molecule has 0 radical (unpaired) electrons. The Hall–Kier alpha value is -2.34. The van der Waals surface area contributed by atoms with Crippen LogP contribution in [-0.4, -0.2) is 41.3 Å². The summed E-state index contributed by atoms with van der Waals surface area (Å²) in [5.41, 5.74) is 2.26. The highest BCUT2D eigenvalue weighted by Crippen LogP contribution is 2.31. The second kappa shape index (κ2) is 8.36. The van der Waals surface area contributed by atoms with Crippen molar-refractivity contribution in [3.8, 4) is 5.75 Å². The number of nitrogens with zero attached hydrogens (tertiary/aromatic N) is 3. The first-order chi connectivity index (χ1) is 12.6. The number of rotatable bonds is 7. The van der Waals surface area contributed by atoms with Gasteiger partial charge < -0.3 is 10.1 Å². The summed E-state index contributed by atoms with van der Waals surface area (Å²) in [6.07, 6.45) is 6.50. The van der Waals surface area contributed by atoms with Crippen molar-refractivity contribution in [3.63, 3.8) is 0 Å². The Bertz CT molecular complexity index is 750. The third-order valence-corrected chi connectivity index (χ3v) is 4.90. The maximum absolute atomic E-state index is 12.5. The van der Waals surface area contributed by atoms with Crippen molar-refractivity contribution in [2.75, 3.05) is 26.0 Å². The van der Waals surface area contributed by atoms with Crippen molar-refractivity contribution in [2.45, 2.75) is 45.2 Å². The van der Waals surface area contributed by atoms with Gasteiger partial charge in [-0.3, -0.25) is 9.69 Å². The predicted octanol–water partition coefficient (Wildman–Crippen LogP) is 3.39. The highest BCUT2D eigenvalue weighted by atomic mass is 16.5. The minimum Gasteiger partial charge on any atom is -0.496 e. The normalized spacial score (nSPS) is 14.8. The van der Waals surface area contributed by atoms with Crippen LogP contribution in [0.15, 0.2) is 30.5 Å². The van der Waals surface area contributed by atoms with Gasteiger partial charge in [0.05, 0.1) is 25.9 Å². The summed E-state index contributed by atoms with van der Waals surface area (Å²) in [7, 11) is 3.61. The van der Waals surface area contributed by atoms with E-state index < -0.39 is 0 Å². The molecule has 0 aliphatic heterocycles. The molecule has 1 fully saturated rings. The molecule has 1 aliphatic carbocycles. The van der Waals surface area contributed by atoms with Gasteiger partial charge in [-0.1, -0.05) is 30.5 Å². The van der Waals surface area contributed by atoms with Crippen molar-refractivity contribution in [3.05, 3.63) is 41.6 Å². The number of aryl methyl sites for hydroxylation is 1. The van der Waals surface area contributed by atoms with Crippen LogP contribution in [0.4, 0.5) is 5.82 Å². The summed E-state index contributed by atoms with van der Waals surface area (Å²) in [5, 5.41) is 7.42. The third kappa shape index (κ3) is 4.43. The molecule has 0 atom stereocenters. The summed E-state index contributed by atoms with van der Waals surface area (Å²) in [6.45, 7) is 3.02. The first-order valence-corrected chi connectivity index (χ1v) is 9.22. The molecule has 6 nitrogen and oxygen atoms in total. The molecule has 6 heteroatoms. The molecule has 1 aromatic carbocycles. The lowest BCUT2D eigenvalue weighted by molar-refractivity contribution is -0.117. The summed E-state index contributed by atoms with van der Waals surface area (Å²) >= 11 is 0. The van der Waals surface area contributed by atoms with Crippen LogP contribution in [0.5, 0.6) is 5.75 Å². The number of carbonyl (C=O) groups is 1. The molecule has 1 N–H and O–H groups in total. The smallest absolute Gasteiger partial charge is 0.239 e. The van der Waals surface area contributed by atoms with Crippen molar-refractivity contribution in [1.82, 2.24) is 14.7 Å². The second-order valence-corrected chi connectivity index (χ2v) is 7.14. The maximum Gasteiger partial charge on any atom is 0.239 e. The standard InChI is InChI=1S/C20H28N4O2/c1-15-8-9-18(26-3)16(12-15)13-23(2)14-20(25)22-19-10-11-21-24(19)17-6-4-5-7-17/h8-12,17H,4-7,13-14H2,1-3H3,(H,22,25). The first-order valence-electron chi connectivity index (χ1n) is 9.22. The van der Waals surface area contributed by atoms with Gasteiger partial charge in [0.2, 0.25) is 5.91 Å². The highest BCUT2D eigenvalue weighted by Gasteiger charge is 2.20. The van der Waals surface area contributed by atoms with Crippen LogP contribution >= 0.6 is 0 Å². The largest absolute Gasteiger partial charge is 0.496 e. The lowest BCUT2D eigenvalue weighted by Crippen LogP contribution is -2.31. The van der Waals surface area contributed by atoms with Crippen molar-refractivity contribution < 1.29 is 9.53 Å². The molecule has 2 aromatic rings. The van der Waals surface area contributed by atoms with Crippen LogP contribution in [-0.2, 0) is 11.3 Å². The molecule has 1 aromatic heterocycles. The molecule has 0 bridgehead atoms. The second-order valence-electron chi connectivity index (χ2n) is 7.14. The SMILES string of the molecule is COc1ccc(C)cc1CN(C)CC(=O)Nc1ccnn1C1CCCC1. The van der Waals surface area contributed by atoms with E-state index in [9.17, 15) is 4.79 Å². The van der Waals surface area contributed by atoms with Crippen molar-refractivity contribution >= 4 is 11.7 Å². The molecule has 3 rings (SSSR count). The molecule has 0 unspecified atom stereocenters. The molecule has 1 aliphatic rings. The topological polar surface area (TPSA) is 59.4 Å². The molecular formula is C20H28N4O2. The summed E-state index contributed by atoms with van der Waals surface area (Å²) in [5.74, 6) is 1.62. The average molecular weight is 356 g/mol. The van der Waals surface area contributed by atoms with Crippen LogP contribution in [0.3, 0.4) is 0 Å². The maximum atomic E-state index is 12.5. The molecule has 1 heterocycles. The molecule has 0 saturated heterocycles. The van der Waals surface area contributed by atoms with E-state index >= 15 is 0 Å². The molecule has 140 valence electrons. The summed E-state index contributed by atoms with van der Waals surface area (Å²) in [4.78, 5) is 14.5. The van der Waals surface area contributed by atoms with E-state index in [1.54, 1.807) is 13.3 Å². The monoisotopic (exact) mass is 356 g/mol. The van der Waals surface area contributed by atoms with Gasteiger partial charge in [0.15, 0.2) is 0 Å². The lowest BCUT2D eigenvalue weighted by Gasteiger charge is -2.19. The van der Waals surface area contributed by atoms with Gasteiger partial charge in [0.1, 0.15) is 11.6 Å². The van der Waals surface area contributed by atoms with E-state index in [0.717, 1.165) is 30.0 Å². The van der Waals surface area contributed by atoms with Gasteiger partial charge in [0.25, 0.3) is 0 Å². The Morgan fingerprint density at radius 3 is 2.85 bits per heavy atom. The minimum absolute atomic E-state index is 0.0288. The van der Waals surface area contributed by atoms with E-state index in [1.807, 2.05) is 34.8 Å². The number of likely N-dealkylation sites (N-methyl/N-ethyl adjacent to an activating group) is 1. The number of amides is 1. The zero-order valence-corrected chi connectivity index (χ0v) is 15.9. The average Bonchev–Trinajstić information content (AvgIpc) is 3.25. The zero-order chi connectivity index (χ0) is 18.5.